The monoisotopic (exact) mass is 256 g/mol. The van der Waals surface area contributed by atoms with Crippen molar-refractivity contribution in [2.75, 3.05) is 18.0 Å². The number of nitrogens with zero attached hydrogens (tertiary/aromatic N) is 2. The Bertz CT molecular complexity index is 554. The summed E-state index contributed by atoms with van der Waals surface area (Å²) in [5.41, 5.74) is 0. The van der Waals surface area contributed by atoms with E-state index in [1.807, 2.05) is 13.1 Å². The van der Waals surface area contributed by atoms with Gasteiger partial charge in [-0.3, -0.25) is 0 Å². The van der Waals surface area contributed by atoms with E-state index in [1.54, 1.807) is 0 Å². The number of rotatable bonds is 2. The number of fused-ring (bicyclic) bond motifs is 1. The van der Waals surface area contributed by atoms with Crippen LogP contribution in [0.4, 0.5) is 5.82 Å². The lowest BCUT2D eigenvalue weighted by molar-refractivity contribution is 0.110. The number of pyridine rings is 1. The van der Waals surface area contributed by atoms with Crippen LogP contribution in [0.15, 0.2) is 36.5 Å². The number of hydrogen-bond donors (Lipinski definition) is 1. The molecule has 0 amide bonds. The second-order valence-electron chi connectivity index (χ2n) is 5.42. The molecule has 1 atom stereocenters. The van der Waals surface area contributed by atoms with Crippen molar-refractivity contribution in [3.8, 4) is 0 Å². The fraction of sp³-hybridized carbons (Fsp3) is 0.438. The van der Waals surface area contributed by atoms with Gasteiger partial charge >= 0.3 is 0 Å². The van der Waals surface area contributed by atoms with Gasteiger partial charge in [0.05, 0.1) is 6.10 Å². The molecule has 1 N–H and O–H groups in total. The Kier molecular flexibility index (Phi) is 3.38. The summed E-state index contributed by atoms with van der Waals surface area (Å²) < 4.78 is 0. The Morgan fingerprint density at radius 3 is 2.68 bits per heavy atom. The zero-order valence-electron chi connectivity index (χ0n) is 11.3. The fourth-order valence-electron chi connectivity index (χ4n) is 2.95. The van der Waals surface area contributed by atoms with Crippen molar-refractivity contribution in [2.45, 2.75) is 25.9 Å². The number of aliphatic hydroxyl groups is 1. The van der Waals surface area contributed by atoms with Crippen molar-refractivity contribution in [2.24, 2.45) is 5.92 Å². The Balaban J connectivity index is 1.86. The highest BCUT2D eigenvalue weighted by atomic mass is 16.3. The molecule has 1 saturated heterocycles. The maximum absolute atomic E-state index is 9.67. The van der Waals surface area contributed by atoms with Gasteiger partial charge in [0.25, 0.3) is 0 Å². The molecule has 100 valence electrons. The average Bonchev–Trinajstić information content (AvgIpc) is 2.47. The molecule has 2 aromatic rings. The molecule has 1 unspecified atom stereocenters. The highest BCUT2D eigenvalue weighted by molar-refractivity contribution is 5.92. The van der Waals surface area contributed by atoms with Gasteiger partial charge in [-0.1, -0.05) is 24.3 Å². The van der Waals surface area contributed by atoms with E-state index in [0.29, 0.717) is 5.92 Å². The topological polar surface area (TPSA) is 36.4 Å². The van der Waals surface area contributed by atoms with Gasteiger partial charge in [-0.05, 0) is 37.1 Å². The number of piperidine rings is 1. The summed E-state index contributed by atoms with van der Waals surface area (Å²) in [7, 11) is 0. The highest BCUT2D eigenvalue weighted by Gasteiger charge is 2.24. The van der Waals surface area contributed by atoms with E-state index >= 15 is 0 Å². The van der Waals surface area contributed by atoms with E-state index in [9.17, 15) is 5.11 Å². The number of benzene rings is 1. The van der Waals surface area contributed by atoms with Crippen molar-refractivity contribution >= 4 is 16.6 Å². The molecule has 1 fully saturated rings. The van der Waals surface area contributed by atoms with Crippen molar-refractivity contribution in [1.82, 2.24) is 4.98 Å². The Morgan fingerprint density at radius 2 is 1.95 bits per heavy atom. The van der Waals surface area contributed by atoms with Crippen LogP contribution in [0.5, 0.6) is 0 Å². The normalized spacial score (nSPS) is 18.7. The van der Waals surface area contributed by atoms with Gasteiger partial charge in [-0.2, -0.15) is 0 Å². The molecule has 3 nitrogen and oxygen atoms in total. The van der Waals surface area contributed by atoms with E-state index in [0.717, 1.165) is 31.7 Å². The lowest BCUT2D eigenvalue weighted by Crippen LogP contribution is -2.37. The first-order valence-corrected chi connectivity index (χ1v) is 7.02. The van der Waals surface area contributed by atoms with Gasteiger partial charge in [0, 0.05) is 24.7 Å². The summed E-state index contributed by atoms with van der Waals surface area (Å²) in [5, 5.41) is 12.1. The second kappa shape index (κ2) is 5.17. The SMILES string of the molecule is CC(O)C1CCN(c2nccc3ccccc23)CC1. The van der Waals surface area contributed by atoms with E-state index in [1.165, 1.54) is 10.8 Å². The smallest absolute Gasteiger partial charge is 0.136 e. The first kappa shape index (κ1) is 12.4. The van der Waals surface area contributed by atoms with Crippen LogP contribution < -0.4 is 4.90 Å². The minimum atomic E-state index is -0.192. The van der Waals surface area contributed by atoms with Crippen molar-refractivity contribution in [3.05, 3.63) is 36.5 Å². The van der Waals surface area contributed by atoms with Crippen LogP contribution in [0.3, 0.4) is 0 Å². The summed E-state index contributed by atoms with van der Waals surface area (Å²) in [4.78, 5) is 6.91. The minimum Gasteiger partial charge on any atom is -0.393 e. The predicted octanol–water partition coefficient (Wildman–Crippen LogP) is 2.83. The molecule has 0 spiro atoms. The van der Waals surface area contributed by atoms with E-state index in [2.05, 4.69) is 40.2 Å². The first-order valence-electron chi connectivity index (χ1n) is 7.02. The quantitative estimate of drug-likeness (QED) is 0.897. The number of aromatic nitrogens is 1. The fourth-order valence-corrected chi connectivity index (χ4v) is 2.95. The minimum absolute atomic E-state index is 0.192. The standard InChI is InChI=1S/C16H20N2O/c1-12(19)13-7-10-18(11-8-13)16-15-5-3-2-4-14(15)6-9-17-16/h2-6,9,12-13,19H,7-8,10-11H2,1H3. The molecule has 2 heterocycles. The molecule has 3 rings (SSSR count). The lowest BCUT2D eigenvalue weighted by atomic mass is 9.92. The third kappa shape index (κ3) is 2.43. The van der Waals surface area contributed by atoms with Gasteiger partial charge in [-0.15, -0.1) is 0 Å². The van der Waals surface area contributed by atoms with E-state index in [4.69, 9.17) is 0 Å². The molecule has 19 heavy (non-hydrogen) atoms. The van der Waals surface area contributed by atoms with Gasteiger partial charge < -0.3 is 10.0 Å². The van der Waals surface area contributed by atoms with Gasteiger partial charge in [0.2, 0.25) is 0 Å². The van der Waals surface area contributed by atoms with Gasteiger partial charge in [0.1, 0.15) is 5.82 Å². The van der Waals surface area contributed by atoms with E-state index in [-0.39, 0.29) is 6.10 Å². The third-order valence-electron chi connectivity index (χ3n) is 4.17. The summed E-state index contributed by atoms with van der Waals surface area (Å²) in [5.74, 6) is 1.52. The molecular weight excluding hydrogens is 236 g/mol. The molecule has 0 aliphatic carbocycles. The van der Waals surface area contributed by atoms with Crippen LogP contribution in [0.2, 0.25) is 0 Å². The molecule has 0 bridgehead atoms. The van der Waals surface area contributed by atoms with E-state index < -0.39 is 0 Å². The summed E-state index contributed by atoms with van der Waals surface area (Å²) in [6.07, 6.45) is 3.78. The Labute approximate surface area is 113 Å². The molecule has 0 radical (unpaired) electrons. The van der Waals surface area contributed by atoms with Crippen molar-refractivity contribution in [1.29, 1.82) is 0 Å². The maximum Gasteiger partial charge on any atom is 0.136 e. The van der Waals surface area contributed by atoms with Gasteiger partial charge in [-0.25, -0.2) is 4.98 Å². The second-order valence-corrected chi connectivity index (χ2v) is 5.42. The largest absolute Gasteiger partial charge is 0.393 e. The summed E-state index contributed by atoms with van der Waals surface area (Å²) in [6, 6.07) is 10.4. The van der Waals surface area contributed by atoms with Crippen molar-refractivity contribution in [3.63, 3.8) is 0 Å². The third-order valence-corrected chi connectivity index (χ3v) is 4.17. The van der Waals surface area contributed by atoms with Crippen LogP contribution in [0, 0.1) is 5.92 Å². The summed E-state index contributed by atoms with van der Waals surface area (Å²) >= 11 is 0. The van der Waals surface area contributed by atoms with Crippen molar-refractivity contribution < 1.29 is 5.11 Å². The highest BCUT2D eigenvalue weighted by Crippen LogP contribution is 2.29. The number of anilines is 1. The zero-order chi connectivity index (χ0) is 13.2. The lowest BCUT2D eigenvalue weighted by Gasteiger charge is -2.34. The van der Waals surface area contributed by atoms with Crippen LogP contribution >= 0.6 is 0 Å². The zero-order valence-corrected chi connectivity index (χ0v) is 11.3. The molecule has 3 heteroatoms. The molecule has 1 aromatic heterocycles. The molecule has 0 saturated carbocycles. The van der Waals surface area contributed by atoms with Crippen LogP contribution in [0.1, 0.15) is 19.8 Å². The Hall–Kier alpha value is -1.61. The Morgan fingerprint density at radius 1 is 1.21 bits per heavy atom. The summed E-state index contributed by atoms with van der Waals surface area (Å²) in [6.45, 7) is 3.86. The molecule has 1 aromatic carbocycles. The van der Waals surface area contributed by atoms with Gasteiger partial charge in [0.15, 0.2) is 0 Å². The molecule has 1 aliphatic heterocycles. The van der Waals surface area contributed by atoms with Crippen LogP contribution in [-0.2, 0) is 0 Å². The first-order chi connectivity index (χ1) is 9.25. The number of aliphatic hydroxyl groups excluding tert-OH is 1. The average molecular weight is 256 g/mol. The van der Waals surface area contributed by atoms with Crippen LogP contribution in [-0.4, -0.2) is 29.3 Å². The van der Waals surface area contributed by atoms with Crippen LogP contribution in [0.25, 0.3) is 10.8 Å². The maximum atomic E-state index is 9.67. The molecular formula is C16H20N2O. The molecule has 1 aliphatic rings. The number of hydrogen-bond acceptors (Lipinski definition) is 3. The predicted molar refractivity (Wildman–Crippen MR) is 78.4 cm³/mol.